The van der Waals surface area contributed by atoms with Crippen LogP contribution < -0.4 is 10.6 Å². The summed E-state index contributed by atoms with van der Waals surface area (Å²) in [5.41, 5.74) is 3.43. The molecule has 1 heterocycles. The fourth-order valence-electron chi connectivity index (χ4n) is 4.84. The van der Waals surface area contributed by atoms with Crippen molar-refractivity contribution in [3.8, 4) is 11.1 Å². The third kappa shape index (κ3) is 5.22. The highest BCUT2D eigenvalue weighted by Crippen LogP contribution is 2.44. The molecule has 1 saturated heterocycles. The van der Waals surface area contributed by atoms with Crippen molar-refractivity contribution in [3.05, 3.63) is 72.3 Å². The number of benzene rings is 2. The van der Waals surface area contributed by atoms with E-state index in [2.05, 4.69) is 29.3 Å². The van der Waals surface area contributed by atoms with Crippen LogP contribution in [0, 0.1) is 5.41 Å². The molecule has 184 valence electrons. The van der Waals surface area contributed by atoms with Gasteiger partial charge in [-0.05, 0) is 41.5 Å². The third-order valence-corrected chi connectivity index (χ3v) is 6.72. The Hall–Kier alpha value is -3.65. The molecule has 8 heteroatoms. The predicted octanol–water partition coefficient (Wildman–Crippen LogP) is 3.47. The fraction of sp³-hybridized carbons (Fsp3) is 0.370. The highest BCUT2D eigenvalue weighted by molar-refractivity contribution is 5.88. The van der Waals surface area contributed by atoms with Crippen molar-refractivity contribution in [2.45, 2.75) is 31.2 Å². The molecule has 0 bridgehead atoms. The van der Waals surface area contributed by atoms with Crippen molar-refractivity contribution in [2.75, 3.05) is 26.4 Å². The Kier molecular flexibility index (Phi) is 7.51. The summed E-state index contributed by atoms with van der Waals surface area (Å²) in [5, 5.41) is 14.7. The van der Waals surface area contributed by atoms with Crippen molar-refractivity contribution in [3.63, 3.8) is 0 Å². The maximum absolute atomic E-state index is 13.1. The molecule has 2 atom stereocenters. The van der Waals surface area contributed by atoms with E-state index in [-0.39, 0.29) is 32.1 Å². The van der Waals surface area contributed by atoms with E-state index in [1.54, 1.807) is 0 Å². The van der Waals surface area contributed by atoms with E-state index in [1.165, 1.54) is 6.08 Å². The molecular weight excluding hydrogens is 448 g/mol. The molecule has 0 spiro atoms. The maximum atomic E-state index is 13.1. The number of carbonyl (C=O) groups excluding carboxylic acids is 2. The number of carboxylic acid groups (broad SMARTS) is 1. The molecule has 1 fully saturated rings. The third-order valence-electron chi connectivity index (χ3n) is 6.72. The number of amides is 2. The zero-order chi connectivity index (χ0) is 24.8. The van der Waals surface area contributed by atoms with Crippen LogP contribution in [0.15, 0.2) is 61.2 Å². The van der Waals surface area contributed by atoms with Gasteiger partial charge in [0.25, 0.3) is 0 Å². The topological polar surface area (TPSA) is 114 Å². The lowest BCUT2D eigenvalue weighted by Crippen LogP contribution is -2.56. The van der Waals surface area contributed by atoms with Crippen LogP contribution in [0.4, 0.5) is 4.79 Å². The molecule has 2 aromatic rings. The van der Waals surface area contributed by atoms with Gasteiger partial charge >= 0.3 is 12.1 Å². The van der Waals surface area contributed by atoms with Gasteiger partial charge in [-0.2, -0.15) is 0 Å². The summed E-state index contributed by atoms with van der Waals surface area (Å²) >= 11 is 0. The number of carboxylic acids is 1. The maximum Gasteiger partial charge on any atom is 0.407 e. The van der Waals surface area contributed by atoms with Gasteiger partial charge < -0.3 is 25.2 Å². The number of ether oxygens (including phenoxy) is 2. The van der Waals surface area contributed by atoms with Crippen LogP contribution >= 0.6 is 0 Å². The zero-order valence-electron chi connectivity index (χ0n) is 19.5. The minimum absolute atomic E-state index is 0.0179. The second kappa shape index (κ2) is 10.7. The Labute approximate surface area is 204 Å². The van der Waals surface area contributed by atoms with E-state index in [0.717, 1.165) is 22.3 Å². The van der Waals surface area contributed by atoms with E-state index in [0.29, 0.717) is 19.4 Å². The van der Waals surface area contributed by atoms with E-state index in [4.69, 9.17) is 9.47 Å². The van der Waals surface area contributed by atoms with E-state index >= 15 is 0 Å². The number of aliphatic carboxylic acids is 1. The summed E-state index contributed by atoms with van der Waals surface area (Å²) in [6.45, 7) is 4.29. The standard InChI is InChI=1S/C27H30N2O6/c1-2-8-23(24(30)31)29-25(32)27(13-7-14-34-17-27)16-28-26(33)35-15-22-20-11-5-3-9-18(20)19-10-4-6-12-21(19)22/h2-6,9-12,22-23H,1,7-8,13-17H2,(H,28,33)(H,29,32)(H,30,31). The van der Waals surface area contributed by atoms with Crippen molar-refractivity contribution >= 4 is 18.0 Å². The average Bonchev–Trinajstić information content (AvgIpc) is 3.20. The van der Waals surface area contributed by atoms with Gasteiger partial charge in [0, 0.05) is 19.1 Å². The summed E-state index contributed by atoms with van der Waals surface area (Å²) in [6, 6.07) is 15.1. The summed E-state index contributed by atoms with van der Waals surface area (Å²) < 4.78 is 11.1. The number of alkyl carbamates (subject to hydrolysis) is 1. The molecule has 2 aromatic carbocycles. The Bertz CT molecular complexity index is 1060. The molecule has 1 aliphatic carbocycles. The fourth-order valence-corrected chi connectivity index (χ4v) is 4.84. The lowest BCUT2D eigenvalue weighted by atomic mass is 9.81. The highest BCUT2D eigenvalue weighted by Gasteiger charge is 2.42. The summed E-state index contributed by atoms with van der Waals surface area (Å²) in [4.78, 5) is 37.2. The van der Waals surface area contributed by atoms with Gasteiger partial charge in [-0.3, -0.25) is 4.79 Å². The number of carbonyl (C=O) groups is 3. The van der Waals surface area contributed by atoms with E-state index < -0.39 is 29.4 Å². The number of rotatable bonds is 9. The number of hydrogen-bond acceptors (Lipinski definition) is 5. The van der Waals surface area contributed by atoms with E-state index in [1.807, 2.05) is 36.4 Å². The lowest BCUT2D eigenvalue weighted by molar-refractivity contribution is -0.147. The Morgan fingerprint density at radius 2 is 1.80 bits per heavy atom. The number of fused-ring (bicyclic) bond motifs is 3. The first kappa shape index (κ1) is 24.5. The molecule has 35 heavy (non-hydrogen) atoms. The molecule has 0 aromatic heterocycles. The smallest absolute Gasteiger partial charge is 0.407 e. The molecule has 1 aliphatic heterocycles. The van der Waals surface area contributed by atoms with Crippen LogP contribution in [0.2, 0.25) is 0 Å². The summed E-state index contributed by atoms with van der Waals surface area (Å²) in [6.07, 6.45) is 1.99. The van der Waals surface area contributed by atoms with Gasteiger partial charge in [-0.15, -0.1) is 6.58 Å². The first-order valence-corrected chi connectivity index (χ1v) is 11.8. The second-order valence-corrected chi connectivity index (χ2v) is 9.00. The Morgan fingerprint density at radius 1 is 1.14 bits per heavy atom. The van der Waals surface area contributed by atoms with Crippen molar-refractivity contribution in [1.82, 2.24) is 10.6 Å². The van der Waals surface area contributed by atoms with Crippen LogP contribution in [-0.4, -0.2) is 55.5 Å². The Balaban J connectivity index is 1.40. The monoisotopic (exact) mass is 478 g/mol. The van der Waals surface area contributed by atoms with Gasteiger partial charge in [0.1, 0.15) is 12.6 Å². The summed E-state index contributed by atoms with van der Waals surface area (Å²) in [7, 11) is 0. The van der Waals surface area contributed by atoms with Gasteiger partial charge in [0.2, 0.25) is 5.91 Å². The second-order valence-electron chi connectivity index (χ2n) is 9.00. The van der Waals surface area contributed by atoms with Gasteiger partial charge in [-0.25, -0.2) is 9.59 Å². The molecule has 2 amide bonds. The summed E-state index contributed by atoms with van der Waals surface area (Å²) in [5.74, 6) is -1.68. The van der Waals surface area contributed by atoms with Gasteiger partial charge in [-0.1, -0.05) is 54.6 Å². The van der Waals surface area contributed by atoms with Crippen molar-refractivity contribution in [2.24, 2.45) is 5.41 Å². The van der Waals surface area contributed by atoms with Gasteiger partial charge in [0.15, 0.2) is 0 Å². The first-order valence-electron chi connectivity index (χ1n) is 11.8. The average molecular weight is 479 g/mol. The van der Waals surface area contributed by atoms with Crippen LogP contribution in [0.1, 0.15) is 36.3 Å². The molecule has 8 nitrogen and oxygen atoms in total. The largest absolute Gasteiger partial charge is 0.480 e. The molecule has 4 rings (SSSR count). The number of nitrogens with one attached hydrogen (secondary N) is 2. The van der Waals surface area contributed by atoms with Crippen LogP contribution in [0.25, 0.3) is 11.1 Å². The first-order chi connectivity index (χ1) is 16.9. The zero-order valence-corrected chi connectivity index (χ0v) is 19.5. The quantitative estimate of drug-likeness (QED) is 0.476. The molecule has 3 N–H and O–H groups in total. The minimum Gasteiger partial charge on any atom is -0.480 e. The number of hydrogen-bond donors (Lipinski definition) is 3. The lowest BCUT2D eigenvalue weighted by Gasteiger charge is -2.36. The molecule has 2 unspecified atom stereocenters. The van der Waals surface area contributed by atoms with E-state index in [9.17, 15) is 19.5 Å². The van der Waals surface area contributed by atoms with Crippen LogP contribution in [-0.2, 0) is 19.1 Å². The van der Waals surface area contributed by atoms with Crippen LogP contribution in [0.3, 0.4) is 0 Å². The minimum atomic E-state index is -1.14. The van der Waals surface area contributed by atoms with Crippen molar-refractivity contribution < 1.29 is 29.0 Å². The molecule has 2 aliphatic rings. The molecule has 0 radical (unpaired) electrons. The van der Waals surface area contributed by atoms with Crippen molar-refractivity contribution in [1.29, 1.82) is 0 Å². The molecular formula is C27H30N2O6. The molecule has 0 saturated carbocycles. The SMILES string of the molecule is C=CCC(NC(=O)C1(CNC(=O)OCC2c3ccccc3-c3ccccc32)CCCOC1)C(=O)O. The Morgan fingerprint density at radius 3 is 2.37 bits per heavy atom. The highest BCUT2D eigenvalue weighted by atomic mass is 16.5. The normalized spacial score (nSPS) is 19.7. The predicted molar refractivity (Wildman–Crippen MR) is 130 cm³/mol. The van der Waals surface area contributed by atoms with Gasteiger partial charge in [0.05, 0.1) is 12.0 Å². The van der Waals surface area contributed by atoms with Crippen LogP contribution in [0.5, 0.6) is 0 Å².